The first-order valence-corrected chi connectivity index (χ1v) is 7.81. The van der Waals surface area contributed by atoms with Crippen molar-refractivity contribution in [1.29, 1.82) is 0 Å². The van der Waals surface area contributed by atoms with Gasteiger partial charge in [0, 0.05) is 12.6 Å². The molecule has 22 heavy (non-hydrogen) atoms. The van der Waals surface area contributed by atoms with Gasteiger partial charge in [0.2, 0.25) is 0 Å². The smallest absolute Gasteiger partial charge is 0.266 e. The van der Waals surface area contributed by atoms with Gasteiger partial charge in [0.05, 0.1) is 36.2 Å². The Bertz CT molecular complexity index is 755. The Labute approximate surface area is 131 Å². The fourth-order valence-electron chi connectivity index (χ4n) is 2.50. The van der Waals surface area contributed by atoms with Crippen LogP contribution in [0.25, 0.3) is 0 Å². The third-order valence-corrected chi connectivity index (χ3v) is 4.47. The lowest BCUT2D eigenvalue weighted by Gasteiger charge is -2.35. The second-order valence-corrected chi connectivity index (χ2v) is 5.97. The summed E-state index contributed by atoms with van der Waals surface area (Å²) in [5, 5.41) is 0. The van der Waals surface area contributed by atoms with Gasteiger partial charge in [-0.3, -0.25) is 9.59 Å². The molecule has 0 radical (unpaired) electrons. The number of nitrogens with one attached hydrogen (secondary N) is 1. The minimum Gasteiger partial charge on any atom is -0.377 e. The van der Waals surface area contributed by atoms with Crippen molar-refractivity contribution in [3.8, 4) is 0 Å². The summed E-state index contributed by atoms with van der Waals surface area (Å²) in [5.74, 6) is 0.433. The second kappa shape index (κ2) is 5.98. The van der Waals surface area contributed by atoms with Gasteiger partial charge in [0.1, 0.15) is 10.7 Å². The van der Waals surface area contributed by atoms with E-state index >= 15 is 0 Å². The first kappa shape index (κ1) is 14.9. The molecular formula is C14H16N4O3S. The van der Waals surface area contributed by atoms with E-state index in [1.165, 1.54) is 17.4 Å². The topological polar surface area (TPSA) is 88.2 Å². The van der Waals surface area contributed by atoms with Crippen LogP contribution in [0.5, 0.6) is 0 Å². The highest BCUT2D eigenvalue weighted by atomic mass is 32.1. The molecule has 0 aliphatic carbocycles. The summed E-state index contributed by atoms with van der Waals surface area (Å²) in [5.41, 5.74) is 2.70. The zero-order valence-corrected chi connectivity index (χ0v) is 13.1. The van der Waals surface area contributed by atoms with Crippen molar-refractivity contribution in [3.63, 3.8) is 0 Å². The van der Waals surface area contributed by atoms with E-state index < -0.39 is 0 Å². The minimum atomic E-state index is -0.358. The van der Waals surface area contributed by atoms with Crippen molar-refractivity contribution < 1.29 is 9.53 Å². The molecule has 3 heterocycles. The summed E-state index contributed by atoms with van der Waals surface area (Å²) in [6.45, 7) is 4.80. The summed E-state index contributed by atoms with van der Waals surface area (Å²) in [4.78, 5) is 37.9. The molecule has 0 aromatic carbocycles. The number of rotatable bonds is 2. The van der Waals surface area contributed by atoms with E-state index in [2.05, 4.69) is 15.0 Å². The molecule has 2 aromatic rings. The van der Waals surface area contributed by atoms with E-state index in [0.717, 1.165) is 5.69 Å². The van der Waals surface area contributed by atoms with Crippen LogP contribution in [-0.2, 0) is 4.74 Å². The number of carbonyl (C=O) groups excluding carboxylic acids is 1. The zero-order chi connectivity index (χ0) is 15.7. The quantitative estimate of drug-likeness (QED) is 0.894. The van der Waals surface area contributed by atoms with Crippen LogP contribution in [0.4, 0.5) is 0 Å². The number of aromatic amines is 1. The molecular weight excluding hydrogens is 304 g/mol. The van der Waals surface area contributed by atoms with Gasteiger partial charge in [-0.15, -0.1) is 11.3 Å². The molecule has 1 aliphatic heterocycles. The maximum atomic E-state index is 12.8. The molecule has 1 unspecified atom stereocenters. The second-order valence-electron chi connectivity index (χ2n) is 5.11. The molecule has 0 saturated carbocycles. The number of aryl methyl sites for hydroxylation is 2. The van der Waals surface area contributed by atoms with Gasteiger partial charge in [0.15, 0.2) is 0 Å². The largest absolute Gasteiger partial charge is 0.377 e. The number of hydrogen-bond donors (Lipinski definition) is 1. The van der Waals surface area contributed by atoms with Crippen LogP contribution in [0, 0.1) is 13.8 Å². The summed E-state index contributed by atoms with van der Waals surface area (Å²) in [6, 6.07) is 1.07. The first-order valence-electron chi connectivity index (χ1n) is 6.93. The normalized spacial score (nSPS) is 18.5. The number of ether oxygens (including phenoxy) is 1. The van der Waals surface area contributed by atoms with Crippen LogP contribution in [-0.4, -0.2) is 45.5 Å². The molecule has 7 nitrogen and oxygen atoms in total. The summed E-state index contributed by atoms with van der Waals surface area (Å²) < 4.78 is 5.49. The van der Waals surface area contributed by atoms with Crippen molar-refractivity contribution in [2.24, 2.45) is 0 Å². The average molecular weight is 320 g/mol. The van der Waals surface area contributed by atoms with Crippen LogP contribution in [0.1, 0.15) is 32.9 Å². The number of nitrogens with zero attached hydrogens (tertiary/aromatic N) is 3. The third-order valence-electron chi connectivity index (χ3n) is 3.55. The van der Waals surface area contributed by atoms with Crippen LogP contribution < -0.4 is 5.56 Å². The summed E-state index contributed by atoms with van der Waals surface area (Å²) >= 11 is 1.32. The standard InChI is InChI=1S/C14H16N4O3S/c1-8-13(22-7-15-8)14(20)18-3-4-21-6-11(18)10-5-12(19)17-9(2)16-10/h5,7,11H,3-4,6H2,1-2H3,(H,16,17,19). The number of hydrogen-bond acceptors (Lipinski definition) is 6. The fraction of sp³-hybridized carbons (Fsp3) is 0.429. The highest BCUT2D eigenvalue weighted by molar-refractivity contribution is 7.11. The van der Waals surface area contributed by atoms with Gasteiger partial charge in [-0.2, -0.15) is 0 Å². The lowest BCUT2D eigenvalue weighted by molar-refractivity contribution is -0.00380. The van der Waals surface area contributed by atoms with Gasteiger partial charge in [-0.25, -0.2) is 9.97 Å². The number of amides is 1. The Morgan fingerprint density at radius 3 is 3.00 bits per heavy atom. The Kier molecular flexibility index (Phi) is 4.04. The monoisotopic (exact) mass is 320 g/mol. The van der Waals surface area contributed by atoms with Crippen molar-refractivity contribution >= 4 is 17.2 Å². The molecule has 1 N–H and O–H groups in total. The molecule has 0 spiro atoms. The highest BCUT2D eigenvalue weighted by Crippen LogP contribution is 2.26. The number of aromatic nitrogens is 3. The van der Waals surface area contributed by atoms with Gasteiger partial charge >= 0.3 is 0 Å². The molecule has 2 aromatic heterocycles. The summed E-state index contributed by atoms with van der Waals surface area (Å²) in [7, 11) is 0. The van der Waals surface area contributed by atoms with E-state index in [1.807, 2.05) is 6.92 Å². The van der Waals surface area contributed by atoms with E-state index in [-0.39, 0.29) is 17.5 Å². The molecule has 0 bridgehead atoms. The van der Waals surface area contributed by atoms with Crippen LogP contribution in [0.3, 0.4) is 0 Å². The Morgan fingerprint density at radius 2 is 2.32 bits per heavy atom. The van der Waals surface area contributed by atoms with E-state index in [9.17, 15) is 9.59 Å². The number of morpholine rings is 1. The van der Waals surface area contributed by atoms with Gasteiger partial charge in [-0.05, 0) is 13.8 Å². The minimum absolute atomic E-state index is 0.0898. The molecule has 1 amide bonds. The predicted molar refractivity (Wildman–Crippen MR) is 81.0 cm³/mol. The molecule has 3 rings (SSSR count). The van der Waals surface area contributed by atoms with E-state index in [4.69, 9.17) is 4.74 Å². The van der Waals surface area contributed by atoms with Crippen molar-refractivity contribution in [2.75, 3.05) is 19.8 Å². The molecule has 1 saturated heterocycles. The number of carbonyl (C=O) groups is 1. The molecule has 1 atom stereocenters. The van der Waals surface area contributed by atoms with Crippen molar-refractivity contribution in [1.82, 2.24) is 19.9 Å². The van der Waals surface area contributed by atoms with E-state index in [1.54, 1.807) is 17.3 Å². The Hall–Kier alpha value is -2.06. The lowest BCUT2D eigenvalue weighted by Crippen LogP contribution is -2.44. The molecule has 1 fully saturated rings. The van der Waals surface area contributed by atoms with Gasteiger partial charge in [0.25, 0.3) is 11.5 Å². The highest BCUT2D eigenvalue weighted by Gasteiger charge is 2.32. The third kappa shape index (κ3) is 2.79. The maximum Gasteiger partial charge on any atom is 0.266 e. The lowest BCUT2D eigenvalue weighted by atomic mass is 10.1. The number of thiazole rings is 1. The Balaban J connectivity index is 1.96. The summed E-state index contributed by atoms with van der Waals surface area (Å²) in [6.07, 6.45) is 0. The fourth-order valence-corrected chi connectivity index (χ4v) is 3.26. The average Bonchev–Trinajstić information content (AvgIpc) is 2.91. The van der Waals surface area contributed by atoms with Crippen LogP contribution in [0.15, 0.2) is 16.4 Å². The maximum absolute atomic E-state index is 12.8. The number of H-pyrrole nitrogens is 1. The van der Waals surface area contributed by atoms with Crippen molar-refractivity contribution in [3.05, 3.63) is 44.0 Å². The van der Waals surface area contributed by atoms with Crippen LogP contribution in [0.2, 0.25) is 0 Å². The molecule has 116 valence electrons. The first-order chi connectivity index (χ1) is 10.6. The Morgan fingerprint density at radius 1 is 1.50 bits per heavy atom. The molecule has 8 heteroatoms. The zero-order valence-electron chi connectivity index (χ0n) is 12.3. The SMILES string of the molecule is Cc1nc(C2COCCN2C(=O)c2scnc2C)cc(=O)[nH]1. The van der Waals surface area contributed by atoms with Crippen molar-refractivity contribution in [2.45, 2.75) is 19.9 Å². The predicted octanol–water partition coefficient (Wildman–Crippen LogP) is 1.06. The van der Waals surface area contributed by atoms with Gasteiger partial charge in [-0.1, -0.05) is 0 Å². The van der Waals surface area contributed by atoms with Gasteiger partial charge < -0.3 is 14.6 Å². The van der Waals surface area contributed by atoms with Crippen LogP contribution >= 0.6 is 11.3 Å². The molecule has 1 aliphatic rings. The van der Waals surface area contributed by atoms with E-state index in [0.29, 0.717) is 36.2 Å².